The molecule has 1 aromatic carbocycles. The summed E-state index contributed by atoms with van der Waals surface area (Å²) in [5, 5.41) is 9.20. The lowest BCUT2D eigenvalue weighted by molar-refractivity contribution is 0.0931. The van der Waals surface area contributed by atoms with E-state index >= 15 is 0 Å². The number of nitrogens with zero attached hydrogens (tertiary/aromatic N) is 1. The number of pyridine rings is 1. The molecular formula is C19H22N4O2. The highest BCUT2D eigenvalue weighted by Gasteiger charge is 2.20. The van der Waals surface area contributed by atoms with Gasteiger partial charge in [-0.3, -0.25) is 14.6 Å². The Labute approximate surface area is 147 Å². The van der Waals surface area contributed by atoms with Crippen LogP contribution in [0.2, 0.25) is 0 Å². The Bertz CT molecular complexity index is 755. The molecule has 2 amide bonds. The molecule has 130 valence electrons. The number of amides is 2. The highest BCUT2D eigenvalue weighted by Crippen LogP contribution is 2.22. The average molecular weight is 338 g/mol. The number of para-hydroxylation sites is 1. The number of hydrogen-bond donors (Lipinski definition) is 3. The van der Waals surface area contributed by atoms with Gasteiger partial charge in [-0.1, -0.05) is 12.1 Å². The maximum Gasteiger partial charge on any atom is 0.255 e. The molecule has 0 saturated carbocycles. The second kappa shape index (κ2) is 7.90. The van der Waals surface area contributed by atoms with Gasteiger partial charge in [-0.25, -0.2) is 0 Å². The first-order chi connectivity index (χ1) is 12.1. The molecule has 25 heavy (non-hydrogen) atoms. The van der Waals surface area contributed by atoms with Crippen LogP contribution in [-0.4, -0.2) is 35.9 Å². The van der Waals surface area contributed by atoms with E-state index in [1.54, 1.807) is 30.6 Å². The van der Waals surface area contributed by atoms with E-state index in [0.29, 0.717) is 16.8 Å². The molecule has 1 fully saturated rings. The molecule has 2 aromatic rings. The van der Waals surface area contributed by atoms with Gasteiger partial charge in [0.2, 0.25) is 0 Å². The first-order valence-electron chi connectivity index (χ1n) is 8.47. The van der Waals surface area contributed by atoms with Crippen molar-refractivity contribution < 1.29 is 9.59 Å². The van der Waals surface area contributed by atoms with Crippen LogP contribution in [0.4, 0.5) is 5.69 Å². The number of carbonyl (C=O) groups is 2. The standard InChI is InChI=1S/C19H22N4O2/c1-13-4-2-6-16(19(25)22-15-5-3-9-21-12-15)17(13)23-18(24)14-7-10-20-11-8-14/h2,4,6-8,10-11,15,21H,3,5,9,12H2,1H3,(H,22,25)(H,23,24). The maximum atomic E-state index is 12.7. The Morgan fingerprint density at radius 3 is 2.68 bits per heavy atom. The van der Waals surface area contributed by atoms with E-state index in [9.17, 15) is 9.59 Å². The highest BCUT2D eigenvalue weighted by molar-refractivity contribution is 6.09. The minimum Gasteiger partial charge on any atom is -0.348 e. The molecular weight excluding hydrogens is 316 g/mol. The minimum absolute atomic E-state index is 0.116. The van der Waals surface area contributed by atoms with E-state index < -0.39 is 0 Å². The summed E-state index contributed by atoms with van der Waals surface area (Å²) < 4.78 is 0. The third kappa shape index (κ3) is 4.22. The van der Waals surface area contributed by atoms with E-state index in [0.717, 1.165) is 31.5 Å². The van der Waals surface area contributed by atoms with Crippen molar-refractivity contribution in [1.82, 2.24) is 15.6 Å². The topological polar surface area (TPSA) is 83.1 Å². The van der Waals surface area contributed by atoms with E-state index in [1.165, 1.54) is 0 Å². The van der Waals surface area contributed by atoms with Gasteiger partial charge in [0.05, 0.1) is 11.3 Å². The van der Waals surface area contributed by atoms with Crippen molar-refractivity contribution in [1.29, 1.82) is 0 Å². The van der Waals surface area contributed by atoms with Crippen LogP contribution in [0.15, 0.2) is 42.7 Å². The molecule has 1 aliphatic rings. The highest BCUT2D eigenvalue weighted by atomic mass is 16.2. The van der Waals surface area contributed by atoms with Gasteiger partial charge in [-0.15, -0.1) is 0 Å². The summed E-state index contributed by atoms with van der Waals surface area (Å²) in [6.07, 6.45) is 5.14. The maximum absolute atomic E-state index is 12.7. The minimum atomic E-state index is -0.259. The summed E-state index contributed by atoms with van der Waals surface area (Å²) in [5.41, 5.74) is 2.37. The second-order valence-electron chi connectivity index (χ2n) is 6.20. The van der Waals surface area contributed by atoms with Crippen molar-refractivity contribution in [2.75, 3.05) is 18.4 Å². The SMILES string of the molecule is Cc1cccc(C(=O)NC2CCCNC2)c1NC(=O)c1ccncc1. The number of benzene rings is 1. The van der Waals surface area contributed by atoms with E-state index in [1.807, 2.05) is 19.1 Å². The van der Waals surface area contributed by atoms with Gasteiger partial charge in [0.25, 0.3) is 11.8 Å². The fraction of sp³-hybridized carbons (Fsp3) is 0.316. The number of aryl methyl sites for hydroxylation is 1. The molecule has 0 bridgehead atoms. The number of hydrogen-bond acceptors (Lipinski definition) is 4. The molecule has 1 aromatic heterocycles. The van der Waals surface area contributed by atoms with Gasteiger partial charge in [0, 0.05) is 30.5 Å². The Morgan fingerprint density at radius 2 is 1.96 bits per heavy atom. The lowest BCUT2D eigenvalue weighted by Crippen LogP contribution is -2.45. The molecule has 2 heterocycles. The smallest absolute Gasteiger partial charge is 0.255 e. The van der Waals surface area contributed by atoms with Crippen molar-refractivity contribution in [2.24, 2.45) is 0 Å². The van der Waals surface area contributed by atoms with E-state index in [4.69, 9.17) is 0 Å². The van der Waals surface area contributed by atoms with Crippen LogP contribution < -0.4 is 16.0 Å². The van der Waals surface area contributed by atoms with Crippen LogP contribution >= 0.6 is 0 Å². The van der Waals surface area contributed by atoms with Gasteiger partial charge < -0.3 is 16.0 Å². The van der Waals surface area contributed by atoms with E-state index in [2.05, 4.69) is 20.9 Å². The van der Waals surface area contributed by atoms with Crippen molar-refractivity contribution in [3.8, 4) is 0 Å². The predicted octanol–water partition coefficient (Wildman–Crippen LogP) is 2.12. The molecule has 3 rings (SSSR count). The van der Waals surface area contributed by atoms with Crippen molar-refractivity contribution in [2.45, 2.75) is 25.8 Å². The summed E-state index contributed by atoms with van der Waals surface area (Å²) in [6, 6.07) is 8.83. The first kappa shape index (κ1) is 17.1. The molecule has 0 aliphatic carbocycles. The fourth-order valence-electron chi connectivity index (χ4n) is 2.95. The van der Waals surface area contributed by atoms with Crippen LogP contribution in [0, 0.1) is 6.92 Å². The second-order valence-corrected chi connectivity index (χ2v) is 6.20. The Balaban J connectivity index is 1.79. The molecule has 1 aliphatic heterocycles. The first-order valence-corrected chi connectivity index (χ1v) is 8.47. The summed E-state index contributed by atoms with van der Waals surface area (Å²) in [7, 11) is 0. The third-order valence-electron chi connectivity index (χ3n) is 4.33. The molecule has 0 spiro atoms. The van der Waals surface area contributed by atoms with Gasteiger partial charge in [0.15, 0.2) is 0 Å². The van der Waals surface area contributed by atoms with Crippen LogP contribution in [0.25, 0.3) is 0 Å². The van der Waals surface area contributed by atoms with Gasteiger partial charge in [0.1, 0.15) is 0 Å². The zero-order chi connectivity index (χ0) is 17.6. The Kier molecular flexibility index (Phi) is 5.40. The molecule has 1 unspecified atom stereocenters. The number of carbonyl (C=O) groups excluding carboxylic acids is 2. The fourth-order valence-corrected chi connectivity index (χ4v) is 2.95. The van der Waals surface area contributed by atoms with E-state index in [-0.39, 0.29) is 17.9 Å². The molecule has 6 nitrogen and oxygen atoms in total. The Hall–Kier alpha value is -2.73. The molecule has 1 atom stereocenters. The summed E-state index contributed by atoms with van der Waals surface area (Å²) in [4.78, 5) is 29.1. The third-order valence-corrected chi connectivity index (χ3v) is 4.33. The zero-order valence-corrected chi connectivity index (χ0v) is 14.2. The number of nitrogens with one attached hydrogen (secondary N) is 3. The van der Waals surface area contributed by atoms with Crippen molar-refractivity contribution in [3.05, 3.63) is 59.4 Å². The lowest BCUT2D eigenvalue weighted by atomic mass is 10.0. The Morgan fingerprint density at radius 1 is 1.16 bits per heavy atom. The summed E-state index contributed by atoms with van der Waals surface area (Å²) in [5.74, 6) is -0.424. The molecule has 6 heteroatoms. The number of rotatable bonds is 4. The number of aromatic nitrogens is 1. The number of piperidine rings is 1. The quantitative estimate of drug-likeness (QED) is 0.797. The zero-order valence-electron chi connectivity index (χ0n) is 14.2. The van der Waals surface area contributed by atoms with Crippen molar-refractivity contribution in [3.63, 3.8) is 0 Å². The van der Waals surface area contributed by atoms with Gasteiger partial charge in [-0.05, 0) is 50.1 Å². The van der Waals surface area contributed by atoms with Crippen LogP contribution in [0.3, 0.4) is 0 Å². The largest absolute Gasteiger partial charge is 0.348 e. The molecule has 1 saturated heterocycles. The van der Waals surface area contributed by atoms with Gasteiger partial charge in [-0.2, -0.15) is 0 Å². The molecule has 0 radical (unpaired) electrons. The summed E-state index contributed by atoms with van der Waals surface area (Å²) in [6.45, 7) is 3.64. The number of anilines is 1. The normalized spacial score (nSPS) is 16.9. The molecule has 3 N–H and O–H groups in total. The van der Waals surface area contributed by atoms with Crippen LogP contribution in [0.5, 0.6) is 0 Å². The van der Waals surface area contributed by atoms with Crippen molar-refractivity contribution >= 4 is 17.5 Å². The lowest BCUT2D eigenvalue weighted by Gasteiger charge is -2.24. The van der Waals surface area contributed by atoms with Crippen LogP contribution in [0.1, 0.15) is 39.1 Å². The monoisotopic (exact) mass is 338 g/mol. The average Bonchev–Trinajstić information content (AvgIpc) is 2.64. The van der Waals surface area contributed by atoms with Crippen LogP contribution in [-0.2, 0) is 0 Å². The summed E-state index contributed by atoms with van der Waals surface area (Å²) >= 11 is 0. The predicted molar refractivity (Wildman–Crippen MR) is 96.7 cm³/mol. The van der Waals surface area contributed by atoms with Gasteiger partial charge >= 0.3 is 0 Å².